The van der Waals surface area contributed by atoms with Crippen molar-refractivity contribution in [1.82, 2.24) is 4.90 Å². The van der Waals surface area contributed by atoms with Crippen LogP contribution >= 0.6 is 11.6 Å². The molecule has 1 fully saturated rings. The number of urea groups is 1. The summed E-state index contributed by atoms with van der Waals surface area (Å²) in [5.74, 6) is -1.31. The molecule has 0 spiro atoms. The quantitative estimate of drug-likeness (QED) is 0.820. The summed E-state index contributed by atoms with van der Waals surface area (Å²) in [6.45, 7) is 0.839. The molecule has 1 aromatic rings. The molecular formula is C15H18ClN3O4. The van der Waals surface area contributed by atoms with Gasteiger partial charge in [-0.3, -0.25) is 4.79 Å². The second-order valence-electron chi connectivity index (χ2n) is 5.30. The van der Waals surface area contributed by atoms with Gasteiger partial charge in [-0.15, -0.1) is 0 Å². The lowest BCUT2D eigenvalue weighted by molar-refractivity contribution is -0.123. The summed E-state index contributed by atoms with van der Waals surface area (Å²) in [7, 11) is 1.25. The molecule has 1 saturated heterocycles. The zero-order chi connectivity index (χ0) is 17.0. The van der Waals surface area contributed by atoms with Crippen LogP contribution in [-0.2, 0) is 9.53 Å². The van der Waals surface area contributed by atoms with Gasteiger partial charge in [0, 0.05) is 18.8 Å². The first-order chi connectivity index (χ1) is 10.9. The molecule has 0 radical (unpaired) electrons. The third-order valence-electron chi connectivity index (χ3n) is 3.73. The van der Waals surface area contributed by atoms with Crippen LogP contribution in [-0.4, -0.2) is 43.0 Å². The fraction of sp³-hybridized carbons (Fsp3) is 0.400. The topological polar surface area (TPSA) is 102 Å². The number of hydrogen-bond acceptors (Lipinski definition) is 4. The van der Waals surface area contributed by atoms with Crippen molar-refractivity contribution in [3.8, 4) is 0 Å². The summed E-state index contributed by atoms with van der Waals surface area (Å²) in [5.41, 5.74) is 5.89. The Morgan fingerprint density at radius 3 is 2.78 bits per heavy atom. The highest BCUT2D eigenvalue weighted by atomic mass is 35.5. The lowest BCUT2D eigenvalue weighted by Gasteiger charge is -2.31. The largest absolute Gasteiger partial charge is 0.465 e. The van der Waals surface area contributed by atoms with E-state index in [1.165, 1.54) is 24.1 Å². The number of carbonyl (C=O) groups excluding carboxylic acids is 3. The zero-order valence-corrected chi connectivity index (χ0v) is 13.4. The molecule has 3 amide bonds. The number of nitrogens with one attached hydrogen (secondary N) is 1. The van der Waals surface area contributed by atoms with Crippen LogP contribution in [0.15, 0.2) is 18.2 Å². The van der Waals surface area contributed by atoms with Gasteiger partial charge in [-0.2, -0.15) is 0 Å². The van der Waals surface area contributed by atoms with Crippen LogP contribution < -0.4 is 11.1 Å². The van der Waals surface area contributed by atoms with Gasteiger partial charge in [-0.1, -0.05) is 11.6 Å². The first-order valence-electron chi connectivity index (χ1n) is 7.15. The summed E-state index contributed by atoms with van der Waals surface area (Å²) in [6.07, 6.45) is 1.40. The number of anilines is 1. The normalized spacial score (nSPS) is 17.5. The van der Waals surface area contributed by atoms with Crippen LogP contribution in [0.4, 0.5) is 10.5 Å². The van der Waals surface area contributed by atoms with Crippen molar-refractivity contribution < 1.29 is 19.1 Å². The van der Waals surface area contributed by atoms with E-state index in [9.17, 15) is 14.4 Å². The Labute approximate surface area is 138 Å². The first-order valence-corrected chi connectivity index (χ1v) is 7.53. The second-order valence-corrected chi connectivity index (χ2v) is 5.71. The molecule has 1 aliphatic rings. The molecule has 1 heterocycles. The molecular weight excluding hydrogens is 322 g/mol. The summed E-state index contributed by atoms with van der Waals surface area (Å²) in [6, 6.07) is 4.18. The number of likely N-dealkylation sites (tertiary alicyclic amines) is 1. The van der Waals surface area contributed by atoms with E-state index < -0.39 is 11.9 Å². The van der Waals surface area contributed by atoms with Gasteiger partial charge in [0.15, 0.2) is 0 Å². The van der Waals surface area contributed by atoms with Crippen molar-refractivity contribution in [2.45, 2.75) is 12.8 Å². The lowest BCUT2D eigenvalue weighted by atomic mass is 9.98. The highest BCUT2D eigenvalue weighted by Gasteiger charge is 2.27. The fourth-order valence-electron chi connectivity index (χ4n) is 2.47. The van der Waals surface area contributed by atoms with Crippen LogP contribution in [0.1, 0.15) is 23.2 Å². The molecule has 2 rings (SSSR count). The molecule has 3 N–H and O–H groups in total. The lowest BCUT2D eigenvalue weighted by Crippen LogP contribution is -2.45. The number of rotatable bonds is 3. The SMILES string of the molecule is COC(=O)c1cc(NC(=O)N2CCC[C@H](C(N)=O)C2)ccc1Cl. The Morgan fingerprint density at radius 2 is 2.13 bits per heavy atom. The van der Waals surface area contributed by atoms with Crippen LogP contribution in [0.5, 0.6) is 0 Å². The molecule has 0 aliphatic carbocycles. The first kappa shape index (κ1) is 17.1. The molecule has 7 nitrogen and oxygen atoms in total. The van der Waals surface area contributed by atoms with Crippen molar-refractivity contribution in [2.75, 3.05) is 25.5 Å². The average molecular weight is 340 g/mol. The summed E-state index contributed by atoms with van der Waals surface area (Å²) in [5, 5.41) is 2.92. The Bertz CT molecular complexity index is 635. The maximum atomic E-state index is 12.3. The molecule has 1 aromatic carbocycles. The Balaban J connectivity index is 2.08. The number of nitrogens with zero attached hydrogens (tertiary/aromatic N) is 1. The number of esters is 1. The smallest absolute Gasteiger partial charge is 0.339 e. The third-order valence-corrected chi connectivity index (χ3v) is 4.06. The van der Waals surface area contributed by atoms with Gasteiger partial charge in [-0.05, 0) is 31.0 Å². The van der Waals surface area contributed by atoms with Crippen LogP contribution in [0.2, 0.25) is 5.02 Å². The molecule has 0 bridgehead atoms. The Morgan fingerprint density at radius 1 is 1.39 bits per heavy atom. The van der Waals surface area contributed by atoms with Gasteiger partial charge in [-0.25, -0.2) is 9.59 Å². The maximum absolute atomic E-state index is 12.3. The number of halogens is 1. The van der Waals surface area contributed by atoms with Crippen molar-refractivity contribution in [1.29, 1.82) is 0 Å². The van der Waals surface area contributed by atoms with E-state index in [0.29, 0.717) is 25.2 Å². The monoisotopic (exact) mass is 339 g/mol. The van der Waals surface area contributed by atoms with Gasteiger partial charge in [0.05, 0.1) is 23.6 Å². The van der Waals surface area contributed by atoms with Gasteiger partial charge in [0.1, 0.15) is 0 Å². The standard InChI is InChI=1S/C15H18ClN3O4/c1-23-14(21)11-7-10(4-5-12(11)16)18-15(22)19-6-2-3-9(8-19)13(17)20/h4-5,7,9H,2-3,6,8H2,1H3,(H2,17,20)(H,18,22)/t9-/m0/s1. The van der Waals surface area contributed by atoms with Crippen molar-refractivity contribution in [2.24, 2.45) is 11.7 Å². The number of primary amides is 1. The average Bonchev–Trinajstić information content (AvgIpc) is 2.55. The molecule has 23 heavy (non-hydrogen) atoms. The molecule has 0 saturated carbocycles. The molecule has 0 unspecified atom stereocenters. The van der Waals surface area contributed by atoms with E-state index in [1.807, 2.05) is 0 Å². The summed E-state index contributed by atoms with van der Waals surface area (Å²) in [4.78, 5) is 36.7. The summed E-state index contributed by atoms with van der Waals surface area (Å²) >= 11 is 5.93. The Hall–Kier alpha value is -2.28. The fourth-order valence-corrected chi connectivity index (χ4v) is 2.66. The molecule has 1 aliphatic heterocycles. The number of ether oxygens (including phenoxy) is 1. The predicted molar refractivity (Wildman–Crippen MR) is 85.3 cm³/mol. The number of methoxy groups -OCH3 is 1. The number of carbonyl (C=O) groups is 3. The summed E-state index contributed by atoms with van der Waals surface area (Å²) < 4.78 is 4.64. The Kier molecular flexibility index (Phi) is 5.44. The van der Waals surface area contributed by atoms with Gasteiger partial charge in [0.2, 0.25) is 5.91 Å². The number of hydrogen-bond donors (Lipinski definition) is 2. The van der Waals surface area contributed by atoms with Gasteiger partial charge in [0.25, 0.3) is 0 Å². The number of benzene rings is 1. The highest BCUT2D eigenvalue weighted by molar-refractivity contribution is 6.33. The van der Waals surface area contributed by atoms with Crippen molar-refractivity contribution >= 4 is 35.2 Å². The second kappa shape index (κ2) is 7.32. The van der Waals surface area contributed by atoms with Gasteiger partial charge < -0.3 is 20.7 Å². The van der Waals surface area contributed by atoms with Crippen LogP contribution in [0.25, 0.3) is 0 Å². The van der Waals surface area contributed by atoms with Crippen LogP contribution in [0, 0.1) is 5.92 Å². The van der Waals surface area contributed by atoms with E-state index in [1.54, 1.807) is 6.07 Å². The number of nitrogens with two attached hydrogens (primary N) is 1. The van der Waals surface area contributed by atoms with E-state index in [2.05, 4.69) is 10.1 Å². The molecule has 0 aromatic heterocycles. The van der Waals surface area contributed by atoms with Crippen molar-refractivity contribution in [3.63, 3.8) is 0 Å². The number of piperidine rings is 1. The molecule has 8 heteroatoms. The molecule has 1 atom stereocenters. The minimum Gasteiger partial charge on any atom is -0.465 e. The van der Waals surface area contributed by atoms with E-state index in [4.69, 9.17) is 17.3 Å². The number of amides is 3. The third kappa shape index (κ3) is 4.13. The van der Waals surface area contributed by atoms with Crippen molar-refractivity contribution in [3.05, 3.63) is 28.8 Å². The minimum absolute atomic E-state index is 0.167. The minimum atomic E-state index is -0.585. The predicted octanol–water partition coefficient (Wildman–Crippen LogP) is 1.86. The van der Waals surface area contributed by atoms with Gasteiger partial charge >= 0.3 is 12.0 Å². The van der Waals surface area contributed by atoms with E-state index >= 15 is 0 Å². The zero-order valence-electron chi connectivity index (χ0n) is 12.7. The van der Waals surface area contributed by atoms with E-state index in [0.717, 1.165) is 6.42 Å². The highest BCUT2D eigenvalue weighted by Crippen LogP contribution is 2.22. The van der Waals surface area contributed by atoms with Crippen LogP contribution in [0.3, 0.4) is 0 Å². The van der Waals surface area contributed by atoms with E-state index in [-0.39, 0.29) is 22.5 Å². The maximum Gasteiger partial charge on any atom is 0.339 e. The molecule has 124 valence electrons.